The molecule has 2 aliphatic rings. The number of nitrogens with one attached hydrogen (secondary N) is 1. The molecule has 0 atom stereocenters. The van der Waals surface area contributed by atoms with Gasteiger partial charge < -0.3 is 15.0 Å². The summed E-state index contributed by atoms with van der Waals surface area (Å²) in [6.45, 7) is 2.31. The van der Waals surface area contributed by atoms with Crippen LogP contribution in [0, 0.1) is 5.92 Å². The lowest BCUT2D eigenvalue weighted by Gasteiger charge is -2.31. The van der Waals surface area contributed by atoms with E-state index in [1.165, 1.54) is 24.2 Å². The van der Waals surface area contributed by atoms with Gasteiger partial charge in [0.05, 0.1) is 17.3 Å². The van der Waals surface area contributed by atoms with Gasteiger partial charge in [-0.15, -0.1) is 0 Å². The van der Waals surface area contributed by atoms with E-state index in [1.807, 2.05) is 18.2 Å². The number of methoxy groups -OCH3 is 1. The summed E-state index contributed by atoms with van der Waals surface area (Å²) in [7, 11) is 1.65. The SMILES string of the molecule is COc1ccc2nc(NC(=O)CC3CCN(C4CC4)CC3)sc2c1. The Kier molecular flexibility index (Phi) is 4.41. The Morgan fingerprint density at radius 1 is 1.33 bits per heavy atom. The highest BCUT2D eigenvalue weighted by atomic mass is 32.1. The normalized spacial score (nSPS) is 19.5. The zero-order valence-electron chi connectivity index (χ0n) is 14.0. The molecule has 1 aromatic carbocycles. The lowest BCUT2D eigenvalue weighted by atomic mass is 9.93. The van der Waals surface area contributed by atoms with Crippen LogP contribution in [0.5, 0.6) is 5.75 Å². The second kappa shape index (κ2) is 6.69. The summed E-state index contributed by atoms with van der Waals surface area (Å²) < 4.78 is 6.26. The average Bonchev–Trinajstić information content (AvgIpc) is 3.35. The standard InChI is InChI=1S/C18H23N3O2S/c1-23-14-4-5-15-16(11-14)24-18(19-15)20-17(22)10-12-6-8-21(9-7-12)13-2-3-13/h4-5,11-13H,2-3,6-10H2,1H3,(H,19,20,22). The first kappa shape index (κ1) is 15.8. The quantitative estimate of drug-likeness (QED) is 0.901. The minimum atomic E-state index is 0.0888. The second-order valence-electron chi connectivity index (χ2n) is 6.82. The number of ether oxygens (including phenoxy) is 1. The van der Waals surface area contributed by atoms with Gasteiger partial charge in [0.2, 0.25) is 5.91 Å². The molecule has 1 aliphatic heterocycles. The Balaban J connectivity index is 1.32. The fraction of sp³-hybridized carbons (Fsp3) is 0.556. The van der Waals surface area contributed by atoms with Crippen LogP contribution in [0.2, 0.25) is 0 Å². The molecule has 1 amide bonds. The van der Waals surface area contributed by atoms with E-state index in [0.717, 1.165) is 47.9 Å². The van der Waals surface area contributed by atoms with Crippen molar-refractivity contribution in [3.05, 3.63) is 18.2 Å². The Morgan fingerprint density at radius 3 is 2.83 bits per heavy atom. The molecule has 1 aromatic heterocycles. The molecular formula is C18H23N3O2S. The number of hydrogen-bond donors (Lipinski definition) is 1. The molecule has 128 valence electrons. The first-order chi connectivity index (χ1) is 11.7. The highest BCUT2D eigenvalue weighted by Gasteiger charge is 2.32. The van der Waals surface area contributed by atoms with Crippen LogP contribution >= 0.6 is 11.3 Å². The summed E-state index contributed by atoms with van der Waals surface area (Å²) in [5, 5.41) is 3.66. The number of thiazole rings is 1. The molecule has 4 rings (SSSR count). The smallest absolute Gasteiger partial charge is 0.226 e. The van der Waals surface area contributed by atoms with Crippen LogP contribution in [0.3, 0.4) is 0 Å². The molecule has 6 heteroatoms. The predicted octanol–water partition coefficient (Wildman–Crippen LogP) is 3.51. The predicted molar refractivity (Wildman–Crippen MR) is 96.7 cm³/mol. The van der Waals surface area contributed by atoms with Gasteiger partial charge in [-0.1, -0.05) is 11.3 Å². The van der Waals surface area contributed by atoms with Crippen LogP contribution in [0.25, 0.3) is 10.2 Å². The molecule has 2 fully saturated rings. The zero-order valence-corrected chi connectivity index (χ0v) is 14.8. The first-order valence-electron chi connectivity index (χ1n) is 8.70. The molecule has 2 aromatic rings. The molecule has 5 nitrogen and oxygen atoms in total. The summed E-state index contributed by atoms with van der Waals surface area (Å²) in [4.78, 5) is 19.4. The Bertz CT molecular complexity index is 733. The lowest BCUT2D eigenvalue weighted by molar-refractivity contribution is -0.117. The lowest BCUT2D eigenvalue weighted by Crippen LogP contribution is -2.36. The van der Waals surface area contributed by atoms with Crippen molar-refractivity contribution in [2.45, 2.75) is 38.1 Å². The molecule has 0 spiro atoms. The summed E-state index contributed by atoms with van der Waals surface area (Å²) in [6, 6.07) is 6.62. The first-order valence-corrected chi connectivity index (χ1v) is 9.51. The van der Waals surface area contributed by atoms with Crippen LogP contribution in [-0.2, 0) is 4.79 Å². The second-order valence-corrected chi connectivity index (χ2v) is 7.85. The summed E-state index contributed by atoms with van der Waals surface area (Å²) in [6.07, 6.45) is 5.63. The molecule has 1 aliphatic carbocycles. The molecule has 24 heavy (non-hydrogen) atoms. The Hall–Kier alpha value is -1.66. The molecule has 1 saturated carbocycles. The van der Waals surface area contributed by atoms with E-state index < -0.39 is 0 Å². The zero-order chi connectivity index (χ0) is 16.5. The van der Waals surface area contributed by atoms with Crippen molar-refractivity contribution in [2.24, 2.45) is 5.92 Å². The average molecular weight is 345 g/mol. The number of carbonyl (C=O) groups excluding carboxylic acids is 1. The number of rotatable bonds is 5. The number of nitrogens with zero attached hydrogens (tertiary/aromatic N) is 2. The van der Waals surface area contributed by atoms with Crippen molar-refractivity contribution < 1.29 is 9.53 Å². The van der Waals surface area contributed by atoms with E-state index in [-0.39, 0.29) is 5.91 Å². The minimum absolute atomic E-state index is 0.0888. The third-order valence-electron chi connectivity index (χ3n) is 5.03. The van der Waals surface area contributed by atoms with Gasteiger partial charge >= 0.3 is 0 Å². The number of benzene rings is 1. The largest absolute Gasteiger partial charge is 0.497 e. The van der Waals surface area contributed by atoms with E-state index >= 15 is 0 Å². The highest BCUT2D eigenvalue weighted by molar-refractivity contribution is 7.22. The number of anilines is 1. The van der Waals surface area contributed by atoms with Gasteiger partial charge in [-0.05, 0) is 62.9 Å². The Morgan fingerprint density at radius 2 is 2.12 bits per heavy atom. The number of hydrogen-bond acceptors (Lipinski definition) is 5. The topological polar surface area (TPSA) is 54.5 Å². The number of fused-ring (bicyclic) bond motifs is 1. The van der Waals surface area contributed by atoms with Gasteiger partial charge in [-0.3, -0.25) is 4.79 Å². The van der Waals surface area contributed by atoms with Gasteiger partial charge in [0.1, 0.15) is 5.75 Å². The van der Waals surface area contributed by atoms with Gasteiger partial charge in [-0.2, -0.15) is 0 Å². The van der Waals surface area contributed by atoms with Gasteiger partial charge in [0.25, 0.3) is 0 Å². The van der Waals surface area contributed by atoms with E-state index in [2.05, 4.69) is 15.2 Å². The van der Waals surface area contributed by atoms with E-state index in [4.69, 9.17) is 4.74 Å². The fourth-order valence-electron chi connectivity index (χ4n) is 3.48. The summed E-state index contributed by atoms with van der Waals surface area (Å²) in [5.41, 5.74) is 0.897. The van der Waals surface area contributed by atoms with Crippen molar-refractivity contribution in [2.75, 3.05) is 25.5 Å². The molecule has 1 saturated heterocycles. The molecule has 0 radical (unpaired) electrons. The summed E-state index contributed by atoms with van der Waals surface area (Å²) >= 11 is 1.50. The van der Waals surface area contributed by atoms with Gasteiger partial charge in [0, 0.05) is 12.5 Å². The monoisotopic (exact) mass is 345 g/mol. The van der Waals surface area contributed by atoms with Crippen molar-refractivity contribution >= 4 is 32.6 Å². The van der Waals surface area contributed by atoms with Crippen molar-refractivity contribution in [3.63, 3.8) is 0 Å². The summed E-state index contributed by atoms with van der Waals surface area (Å²) in [5.74, 6) is 1.41. The molecule has 1 N–H and O–H groups in total. The number of amides is 1. The van der Waals surface area contributed by atoms with Gasteiger partial charge in [-0.25, -0.2) is 4.98 Å². The van der Waals surface area contributed by atoms with Crippen LogP contribution in [0.1, 0.15) is 32.1 Å². The fourth-order valence-corrected chi connectivity index (χ4v) is 4.39. The molecule has 0 bridgehead atoms. The highest BCUT2D eigenvalue weighted by Crippen LogP contribution is 2.32. The van der Waals surface area contributed by atoms with Crippen LogP contribution in [-0.4, -0.2) is 42.0 Å². The molecular weight excluding hydrogens is 322 g/mol. The minimum Gasteiger partial charge on any atom is -0.497 e. The number of carbonyl (C=O) groups is 1. The van der Waals surface area contributed by atoms with Crippen LogP contribution < -0.4 is 10.1 Å². The van der Waals surface area contributed by atoms with Gasteiger partial charge in [0.15, 0.2) is 5.13 Å². The maximum atomic E-state index is 12.3. The number of likely N-dealkylation sites (tertiary alicyclic amines) is 1. The molecule has 2 heterocycles. The third-order valence-corrected chi connectivity index (χ3v) is 5.96. The van der Waals surface area contributed by atoms with E-state index in [0.29, 0.717) is 17.5 Å². The molecule has 0 unspecified atom stereocenters. The van der Waals surface area contributed by atoms with E-state index in [9.17, 15) is 4.79 Å². The maximum Gasteiger partial charge on any atom is 0.226 e. The number of aromatic nitrogens is 1. The van der Waals surface area contributed by atoms with Crippen molar-refractivity contribution in [3.8, 4) is 5.75 Å². The van der Waals surface area contributed by atoms with Crippen LogP contribution in [0.4, 0.5) is 5.13 Å². The van der Waals surface area contributed by atoms with Crippen molar-refractivity contribution in [1.29, 1.82) is 0 Å². The van der Waals surface area contributed by atoms with E-state index in [1.54, 1.807) is 7.11 Å². The van der Waals surface area contributed by atoms with Crippen LogP contribution in [0.15, 0.2) is 18.2 Å². The Labute approximate surface area is 146 Å². The third kappa shape index (κ3) is 3.54. The van der Waals surface area contributed by atoms with Crippen molar-refractivity contribution in [1.82, 2.24) is 9.88 Å². The maximum absolute atomic E-state index is 12.3. The number of piperidine rings is 1.